The van der Waals surface area contributed by atoms with E-state index in [1.54, 1.807) is 12.1 Å². The number of halogens is 1. The summed E-state index contributed by atoms with van der Waals surface area (Å²) in [6, 6.07) is 60.3. The van der Waals surface area contributed by atoms with Crippen LogP contribution in [0.4, 0.5) is 4.39 Å². The van der Waals surface area contributed by atoms with E-state index in [0.29, 0.717) is 0 Å². The quantitative estimate of drug-likeness (QED) is 0.118. The van der Waals surface area contributed by atoms with Crippen LogP contribution in [-0.4, -0.2) is 27.8 Å². The van der Waals surface area contributed by atoms with E-state index in [1.807, 2.05) is 86.8 Å². The molecule has 0 spiro atoms. The van der Waals surface area contributed by atoms with Crippen molar-refractivity contribution in [2.24, 2.45) is 0 Å². The molecule has 0 bridgehead atoms. The molecule has 0 saturated heterocycles. The number of aromatic nitrogens is 3. The maximum atomic E-state index is 13.5. The van der Waals surface area contributed by atoms with Crippen LogP contribution in [0.15, 0.2) is 174 Å². The maximum Gasteiger partial charge on any atom is 0 e. The van der Waals surface area contributed by atoms with Crippen molar-refractivity contribution in [3.8, 4) is 50.6 Å². The third-order valence-corrected chi connectivity index (χ3v) is 15.1. The zero-order valence-electron chi connectivity index (χ0n) is 35.6. The van der Waals surface area contributed by atoms with Gasteiger partial charge in [-0.2, -0.15) is 0 Å². The topological polar surface area (TPSA) is 43.9 Å². The molecule has 3 aromatic heterocycles. The summed E-state index contributed by atoms with van der Waals surface area (Å²) in [7, 11) is 0. The molecule has 0 saturated carbocycles. The molecular weight excluding hydrogens is 990 g/mol. The molecule has 61 heavy (non-hydrogen) atoms. The summed E-state index contributed by atoms with van der Waals surface area (Å²) in [5.74, 6) is 7.00. The Morgan fingerprint density at radius 1 is 0.689 bits per heavy atom. The number of para-hydroxylation sites is 3. The first-order chi connectivity index (χ1) is 29.4. The number of hydrogen-bond acceptors (Lipinski definition) is 3. The molecular formula is C54H44FGeIrN3O-2. The summed E-state index contributed by atoms with van der Waals surface area (Å²) in [5.41, 5.74) is 12.6. The molecule has 303 valence electrons. The Balaban J connectivity index is 0.000000214. The fourth-order valence-electron chi connectivity index (χ4n) is 7.82. The standard InChI is InChI=1S/C37H22FN2O.C17H22GeN.Ir/c38-28-18-14-24(15-19-28)26-16-20-35-30(22-26)31-23-27(17-21-36(31)41-35)37-39-32-11-5-7-13-34(32)40(37)33-12-6-4-10-29(33)25-8-2-1-3-9-25;1-13(2)15-11-17(14-9-7-6-8-10-14)19-12-16(15)18(3,4)5;/h1-16,18-23H;6-9,11-13H,1-5H3;/q2*-1;/i;13D;. The van der Waals surface area contributed by atoms with E-state index >= 15 is 0 Å². The van der Waals surface area contributed by atoms with Crippen molar-refractivity contribution in [3.05, 3.63) is 194 Å². The van der Waals surface area contributed by atoms with Crippen molar-refractivity contribution in [1.29, 1.82) is 0 Å². The predicted octanol–water partition coefficient (Wildman–Crippen LogP) is 14.1. The molecule has 0 aliphatic heterocycles. The summed E-state index contributed by atoms with van der Waals surface area (Å²) in [6.07, 6.45) is 2.00. The van der Waals surface area contributed by atoms with Gasteiger partial charge < -0.3 is 8.98 Å². The van der Waals surface area contributed by atoms with Crippen LogP contribution in [0, 0.1) is 17.9 Å². The van der Waals surface area contributed by atoms with E-state index in [1.165, 1.54) is 16.5 Å². The molecule has 0 amide bonds. The number of fused-ring (bicyclic) bond motifs is 4. The predicted molar refractivity (Wildman–Crippen MR) is 249 cm³/mol. The monoisotopic (exact) mass is 1040 g/mol. The largest absolute Gasteiger partial charge is 0 e. The second kappa shape index (κ2) is 17.6. The van der Waals surface area contributed by atoms with Crippen LogP contribution < -0.4 is 4.40 Å². The van der Waals surface area contributed by atoms with Gasteiger partial charge in [-0.15, -0.1) is 23.8 Å². The smallest absolute Gasteiger partial charge is 0 e. The van der Waals surface area contributed by atoms with Crippen LogP contribution in [0.3, 0.4) is 0 Å². The van der Waals surface area contributed by atoms with Crippen molar-refractivity contribution in [1.82, 2.24) is 14.5 Å². The Morgan fingerprint density at radius 3 is 2.15 bits per heavy atom. The van der Waals surface area contributed by atoms with Crippen LogP contribution >= 0.6 is 0 Å². The number of furan rings is 1. The number of imidazole rings is 1. The van der Waals surface area contributed by atoms with Crippen LogP contribution in [-0.2, 0) is 20.1 Å². The molecule has 10 aromatic rings. The molecule has 3 heterocycles. The Bertz CT molecular complexity index is 3170. The number of pyridine rings is 1. The van der Waals surface area contributed by atoms with E-state index < -0.39 is 19.2 Å². The van der Waals surface area contributed by atoms with E-state index in [9.17, 15) is 4.39 Å². The molecule has 0 unspecified atom stereocenters. The summed E-state index contributed by atoms with van der Waals surface area (Å²) < 4.78 is 31.7. The van der Waals surface area contributed by atoms with Gasteiger partial charge in [-0.3, -0.25) is 4.98 Å². The minimum absolute atomic E-state index is 0. The van der Waals surface area contributed by atoms with Crippen LogP contribution in [0.1, 0.15) is 26.7 Å². The van der Waals surface area contributed by atoms with Gasteiger partial charge in [-0.05, 0) is 59.2 Å². The molecule has 0 fully saturated rings. The third kappa shape index (κ3) is 8.54. The fourth-order valence-corrected chi connectivity index (χ4v) is 11.1. The van der Waals surface area contributed by atoms with E-state index in [4.69, 9.17) is 10.8 Å². The van der Waals surface area contributed by atoms with Crippen molar-refractivity contribution < 1.29 is 30.3 Å². The minimum Gasteiger partial charge on any atom is 0 e. The van der Waals surface area contributed by atoms with Gasteiger partial charge in [0, 0.05) is 36.7 Å². The van der Waals surface area contributed by atoms with Gasteiger partial charge in [-0.25, -0.2) is 4.39 Å². The van der Waals surface area contributed by atoms with Crippen molar-refractivity contribution in [3.63, 3.8) is 0 Å². The van der Waals surface area contributed by atoms with E-state index in [2.05, 4.69) is 112 Å². The van der Waals surface area contributed by atoms with Crippen molar-refractivity contribution >= 4 is 50.6 Å². The molecule has 0 aliphatic carbocycles. The van der Waals surface area contributed by atoms with Crippen LogP contribution in [0.2, 0.25) is 17.3 Å². The van der Waals surface area contributed by atoms with Gasteiger partial charge in [0.2, 0.25) is 0 Å². The van der Waals surface area contributed by atoms with Gasteiger partial charge in [0.15, 0.2) is 0 Å². The number of hydrogen-bond donors (Lipinski definition) is 0. The molecule has 0 N–H and O–H groups in total. The second-order valence-electron chi connectivity index (χ2n) is 16.2. The van der Waals surface area contributed by atoms with Crippen LogP contribution in [0.5, 0.6) is 0 Å². The zero-order valence-corrected chi connectivity index (χ0v) is 39.1. The minimum atomic E-state index is -2.03. The molecule has 4 nitrogen and oxygen atoms in total. The first-order valence-corrected chi connectivity index (χ1v) is 27.5. The summed E-state index contributed by atoms with van der Waals surface area (Å²) in [6.45, 7) is 3.91. The SMILES string of the molecule is Fc1ccc(-c2ccc3oc4c[c-]c(-c5nc6ccccc6n5-c5ccccc5-c5ccccc5)cc4c3c2)cc1.[2H]C(C)(C)c1cc(-c2[c-]cccc2)nc[c]1[Ge]([CH3])([CH3])[CH3].[Ir]. The third-order valence-electron chi connectivity index (χ3n) is 10.8. The first-order valence-electron chi connectivity index (χ1n) is 20.7. The van der Waals surface area contributed by atoms with Crippen molar-refractivity contribution in [2.45, 2.75) is 37.0 Å². The average molecular weight is 1040 g/mol. The summed E-state index contributed by atoms with van der Waals surface area (Å²) >= 11 is -2.03. The molecule has 10 rings (SSSR count). The summed E-state index contributed by atoms with van der Waals surface area (Å²) in [4.78, 5) is 9.73. The first kappa shape index (κ1) is 40.5. The summed E-state index contributed by atoms with van der Waals surface area (Å²) in [5, 5.41) is 1.97. The maximum absolute atomic E-state index is 13.5. The van der Waals surface area contributed by atoms with Gasteiger partial charge >= 0.3 is 120 Å². The Morgan fingerprint density at radius 2 is 1.39 bits per heavy atom. The molecule has 7 heteroatoms. The average Bonchev–Trinajstić information content (AvgIpc) is 3.85. The van der Waals surface area contributed by atoms with Crippen LogP contribution in [0.25, 0.3) is 83.6 Å². The van der Waals surface area contributed by atoms with Gasteiger partial charge in [-0.1, -0.05) is 84.2 Å². The second-order valence-corrected chi connectivity index (χ2v) is 26.8. The Hall–Kier alpha value is -5.92. The number of benzene rings is 7. The molecule has 7 aromatic carbocycles. The van der Waals surface area contributed by atoms with E-state index in [0.717, 1.165) is 89.1 Å². The van der Waals surface area contributed by atoms with Gasteiger partial charge in [0.05, 0.1) is 22.4 Å². The van der Waals surface area contributed by atoms with Crippen molar-refractivity contribution in [2.75, 3.05) is 0 Å². The molecule has 1 radical (unpaired) electrons. The zero-order chi connectivity index (χ0) is 42.3. The fraction of sp³-hybridized carbons (Fsp3) is 0.111. The normalized spacial score (nSPS) is 11.9. The molecule has 0 aliphatic rings. The number of nitrogens with zero attached hydrogens (tertiary/aromatic N) is 3. The number of rotatable bonds is 7. The Labute approximate surface area is 374 Å². The van der Waals surface area contributed by atoms with E-state index in [-0.39, 0.29) is 25.9 Å². The van der Waals surface area contributed by atoms with Gasteiger partial charge in [0.1, 0.15) is 11.4 Å². The van der Waals surface area contributed by atoms with Gasteiger partial charge in [0.25, 0.3) is 0 Å². The molecule has 0 atom stereocenters. The Kier molecular flexibility index (Phi) is 11.7.